The highest BCUT2D eigenvalue weighted by molar-refractivity contribution is 5.80. The average molecular weight is 371 g/mol. The fraction of sp³-hybridized carbons (Fsp3) is 0.550. The third-order valence-corrected chi connectivity index (χ3v) is 4.61. The van der Waals surface area contributed by atoms with Crippen LogP contribution in [0.5, 0.6) is 0 Å². The Hall–Kier alpha value is -2.41. The van der Waals surface area contributed by atoms with Crippen LogP contribution in [-0.4, -0.2) is 47.0 Å². The van der Waals surface area contributed by atoms with Gasteiger partial charge in [0.15, 0.2) is 11.8 Å². The van der Waals surface area contributed by atoms with Gasteiger partial charge in [-0.1, -0.05) is 29.8 Å². The minimum absolute atomic E-state index is 0.298. The quantitative estimate of drug-likeness (QED) is 0.575. The van der Waals surface area contributed by atoms with E-state index >= 15 is 0 Å². The van der Waals surface area contributed by atoms with Gasteiger partial charge >= 0.3 is 0 Å². The highest BCUT2D eigenvalue weighted by Crippen LogP contribution is 2.13. The van der Waals surface area contributed by atoms with E-state index in [-0.39, 0.29) is 0 Å². The summed E-state index contributed by atoms with van der Waals surface area (Å²) in [5, 5.41) is 11.4. The summed E-state index contributed by atoms with van der Waals surface area (Å²) in [7, 11) is 1.67. The third-order valence-electron chi connectivity index (χ3n) is 4.61. The Labute approximate surface area is 161 Å². The first-order chi connectivity index (χ1) is 13.2. The van der Waals surface area contributed by atoms with Gasteiger partial charge in [-0.2, -0.15) is 5.10 Å². The lowest BCUT2D eigenvalue weighted by Crippen LogP contribution is -2.47. The van der Waals surface area contributed by atoms with Crippen LogP contribution < -0.4 is 10.6 Å². The molecule has 0 aliphatic carbocycles. The van der Waals surface area contributed by atoms with Gasteiger partial charge in [0.1, 0.15) is 12.4 Å². The number of aryl methyl sites for hydroxylation is 2. The summed E-state index contributed by atoms with van der Waals surface area (Å²) < 4.78 is 7.13. The van der Waals surface area contributed by atoms with Gasteiger partial charge in [-0.25, -0.2) is 9.67 Å². The lowest BCUT2D eigenvalue weighted by molar-refractivity contribution is 0.177. The molecule has 1 aliphatic heterocycles. The van der Waals surface area contributed by atoms with Crippen molar-refractivity contribution in [2.75, 3.05) is 20.2 Å². The zero-order valence-corrected chi connectivity index (χ0v) is 16.5. The second kappa shape index (κ2) is 9.50. The smallest absolute Gasteiger partial charge is 0.191 e. The largest absolute Gasteiger partial charge is 0.377 e. The molecule has 0 saturated heterocycles. The van der Waals surface area contributed by atoms with Crippen LogP contribution in [0.1, 0.15) is 36.1 Å². The van der Waals surface area contributed by atoms with E-state index in [0.29, 0.717) is 12.6 Å². The summed E-state index contributed by atoms with van der Waals surface area (Å²) in [6.07, 6.45) is 2.88. The molecule has 0 amide bonds. The van der Waals surface area contributed by atoms with E-state index < -0.39 is 0 Å². The molecular formula is C20H30N6O. The average Bonchev–Trinajstić information content (AvgIpc) is 3.04. The normalized spacial score (nSPS) is 16.9. The first kappa shape index (κ1) is 19.4. The van der Waals surface area contributed by atoms with Crippen molar-refractivity contribution in [1.29, 1.82) is 0 Å². The van der Waals surface area contributed by atoms with Crippen LogP contribution in [0.2, 0.25) is 0 Å². The molecule has 2 N–H and O–H groups in total. The molecule has 0 spiro atoms. The van der Waals surface area contributed by atoms with Crippen molar-refractivity contribution in [3.8, 4) is 0 Å². The van der Waals surface area contributed by atoms with Gasteiger partial charge in [0.2, 0.25) is 0 Å². The minimum Gasteiger partial charge on any atom is -0.377 e. The number of aromatic nitrogens is 3. The van der Waals surface area contributed by atoms with E-state index in [1.54, 1.807) is 7.11 Å². The lowest BCUT2D eigenvalue weighted by atomic mass is 10.1. The Kier molecular flexibility index (Phi) is 6.81. The number of hydrogen-bond acceptors (Lipinski definition) is 4. The van der Waals surface area contributed by atoms with Crippen molar-refractivity contribution >= 4 is 5.96 Å². The molecule has 2 aromatic rings. The summed E-state index contributed by atoms with van der Waals surface area (Å²) in [4.78, 5) is 9.29. The van der Waals surface area contributed by atoms with E-state index in [1.165, 1.54) is 11.1 Å². The Balaban J connectivity index is 1.57. The molecule has 27 heavy (non-hydrogen) atoms. The highest BCUT2D eigenvalue weighted by Gasteiger charge is 2.22. The van der Waals surface area contributed by atoms with E-state index in [1.807, 2.05) is 4.68 Å². The number of ether oxygens (including phenoxy) is 1. The number of benzene rings is 1. The number of rotatable bonds is 7. The molecule has 1 aromatic carbocycles. The van der Waals surface area contributed by atoms with Gasteiger partial charge in [0.05, 0.1) is 6.54 Å². The monoisotopic (exact) mass is 370 g/mol. The molecular weight excluding hydrogens is 340 g/mol. The summed E-state index contributed by atoms with van der Waals surface area (Å²) in [5.41, 5.74) is 2.62. The lowest BCUT2D eigenvalue weighted by Gasteiger charge is -2.25. The number of hydrogen-bond donors (Lipinski definition) is 2. The second-order valence-corrected chi connectivity index (χ2v) is 6.94. The van der Waals surface area contributed by atoms with Gasteiger partial charge in [-0.3, -0.25) is 4.99 Å². The zero-order valence-electron chi connectivity index (χ0n) is 16.5. The van der Waals surface area contributed by atoms with Crippen molar-refractivity contribution in [1.82, 2.24) is 25.4 Å². The summed E-state index contributed by atoms with van der Waals surface area (Å²) in [6, 6.07) is 8.91. The Bertz CT molecular complexity index is 770. The molecule has 0 radical (unpaired) electrons. The highest BCUT2D eigenvalue weighted by atomic mass is 16.5. The van der Waals surface area contributed by atoms with E-state index in [9.17, 15) is 0 Å². The summed E-state index contributed by atoms with van der Waals surface area (Å²) >= 11 is 0. The fourth-order valence-corrected chi connectivity index (χ4v) is 3.35. The molecule has 0 fully saturated rings. The third kappa shape index (κ3) is 5.53. The number of guanidine groups is 1. The minimum atomic E-state index is 0.298. The molecule has 3 rings (SSSR count). The molecule has 1 aliphatic rings. The van der Waals surface area contributed by atoms with Crippen LogP contribution in [-0.2, 0) is 30.7 Å². The molecule has 2 heterocycles. The second-order valence-electron chi connectivity index (χ2n) is 6.94. The maximum atomic E-state index is 5.13. The van der Waals surface area contributed by atoms with Gasteiger partial charge in [0, 0.05) is 32.7 Å². The number of fused-ring (bicyclic) bond motifs is 1. The summed E-state index contributed by atoms with van der Waals surface area (Å²) in [5.74, 6) is 2.67. The molecule has 0 bridgehead atoms. The van der Waals surface area contributed by atoms with Crippen LogP contribution in [0.25, 0.3) is 0 Å². The van der Waals surface area contributed by atoms with Crippen LogP contribution in [0, 0.1) is 6.92 Å². The number of nitrogens with zero attached hydrogens (tertiary/aromatic N) is 4. The van der Waals surface area contributed by atoms with E-state index in [0.717, 1.165) is 56.5 Å². The molecule has 1 aromatic heterocycles. The number of nitrogens with one attached hydrogen (secondary N) is 2. The first-order valence-corrected chi connectivity index (χ1v) is 9.70. The van der Waals surface area contributed by atoms with Crippen molar-refractivity contribution in [3.05, 3.63) is 47.0 Å². The SMILES string of the molecule is CCNC(=NCCc1cccc(C)c1)NC1CCc2nc(COC)nn2C1. The Morgan fingerprint density at radius 3 is 3.07 bits per heavy atom. The topological polar surface area (TPSA) is 76.4 Å². The molecule has 7 heteroatoms. The van der Waals surface area contributed by atoms with Crippen molar-refractivity contribution in [2.45, 2.75) is 52.3 Å². The van der Waals surface area contributed by atoms with Crippen LogP contribution in [0.15, 0.2) is 29.3 Å². The maximum Gasteiger partial charge on any atom is 0.191 e. The zero-order chi connectivity index (χ0) is 19.1. The van der Waals surface area contributed by atoms with Crippen LogP contribution in [0.3, 0.4) is 0 Å². The summed E-state index contributed by atoms with van der Waals surface area (Å²) in [6.45, 7) is 7.08. The first-order valence-electron chi connectivity index (χ1n) is 9.70. The Morgan fingerprint density at radius 2 is 2.30 bits per heavy atom. The van der Waals surface area contributed by atoms with Gasteiger partial charge in [0.25, 0.3) is 0 Å². The van der Waals surface area contributed by atoms with Crippen molar-refractivity contribution < 1.29 is 4.74 Å². The van der Waals surface area contributed by atoms with Crippen LogP contribution >= 0.6 is 0 Å². The molecule has 1 atom stereocenters. The van der Waals surface area contributed by atoms with Gasteiger partial charge in [-0.15, -0.1) is 0 Å². The van der Waals surface area contributed by atoms with E-state index in [2.05, 4.69) is 58.8 Å². The number of aliphatic imine (C=N–C) groups is 1. The predicted molar refractivity (Wildman–Crippen MR) is 107 cm³/mol. The van der Waals surface area contributed by atoms with Crippen molar-refractivity contribution in [2.24, 2.45) is 4.99 Å². The van der Waals surface area contributed by atoms with E-state index in [4.69, 9.17) is 9.73 Å². The molecule has 1 unspecified atom stereocenters. The molecule has 0 saturated carbocycles. The fourth-order valence-electron chi connectivity index (χ4n) is 3.35. The predicted octanol–water partition coefficient (Wildman–Crippen LogP) is 1.85. The van der Waals surface area contributed by atoms with Gasteiger partial charge in [-0.05, 0) is 32.3 Å². The number of methoxy groups -OCH3 is 1. The Morgan fingerprint density at radius 1 is 1.41 bits per heavy atom. The maximum absolute atomic E-state index is 5.13. The standard InChI is InChI=1S/C20H30N6O/c1-4-21-20(22-11-10-16-7-5-6-15(2)12-16)23-17-8-9-19-24-18(14-27-3)25-26(19)13-17/h5-7,12,17H,4,8-11,13-14H2,1-3H3,(H2,21,22,23). The molecule has 146 valence electrons. The van der Waals surface area contributed by atoms with Crippen molar-refractivity contribution in [3.63, 3.8) is 0 Å². The van der Waals surface area contributed by atoms with Gasteiger partial charge < -0.3 is 15.4 Å². The molecule has 7 nitrogen and oxygen atoms in total. The van der Waals surface area contributed by atoms with Crippen LogP contribution in [0.4, 0.5) is 0 Å².